The van der Waals surface area contributed by atoms with E-state index in [1.54, 1.807) is 7.11 Å². The summed E-state index contributed by atoms with van der Waals surface area (Å²) in [6.45, 7) is 6.68. The van der Waals surface area contributed by atoms with Gasteiger partial charge in [-0.2, -0.15) is 0 Å². The zero-order valence-corrected chi connectivity index (χ0v) is 11.6. The van der Waals surface area contributed by atoms with E-state index < -0.39 is 0 Å². The lowest BCUT2D eigenvalue weighted by Gasteiger charge is -2.24. The Kier molecular flexibility index (Phi) is 4.12. The topological polar surface area (TPSA) is 38.5 Å². The maximum Gasteiger partial charge on any atom is 0.121 e. The molecule has 3 heteroatoms. The summed E-state index contributed by atoms with van der Waals surface area (Å²) < 4.78 is 5.28. The number of hydrogen-bond donors (Lipinski definition) is 1. The van der Waals surface area contributed by atoms with Crippen molar-refractivity contribution in [1.82, 2.24) is 4.90 Å². The van der Waals surface area contributed by atoms with Crippen LogP contribution >= 0.6 is 0 Å². The largest absolute Gasteiger partial charge is 0.497 e. The van der Waals surface area contributed by atoms with Crippen LogP contribution in [0.5, 0.6) is 5.75 Å². The van der Waals surface area contributed by atoms with E-state index in [2.05, 4.69) is 30.9 Å². The van der Waals surface area contributed by atoms with Crippen molar-refractivity contribution in [2.45, 2.75) is 39.3 Å². The van der Waals surface area contributed by atoms with Crippen molar-refractivity contribution in [3.8, 4) is 5.75 Å². The van der Waals surface area contributed by atoms with Gasteiger partial charge in [-0.1, -0.05) is 13.8 Å². The van der Waals surface area contributed by atoms with Crippen molar-refractivity contribution in [2.75, 3.05) is 19.4 Å². The Morgan fingerprint density at radius 1 is 1.33 bits per heavy atom. The highest BCUT2D eigenvalue weighted by Gasteiger charge is 2.29. The number of nitrogens with zero attached hydrogens (tertiary/aromatic N) is 1. The second kappa shape index (κ2) is 5.61. The lowest BCUT2D eigenvalue weighted by atomic mass is 10.1. The molecule has 3 nitrogen and oxygen atoms in total. The van der Waals surface area contributed by atoms with Crippen LogP contribution in [0.15, 0.2) is 18.2 Å². The van der Waals surface area contributed by atoms with Gasteiger partial charge in [0.2, 0.25) is 0 Å². The van der Waals surface area contributed by atoms with Crippen LogP contribution in [-0.4, -0.2) is 24.6 Å². The molecule has 0 saturated heterocycles. The van der Waals surface area contributed by atoms with Crippen molar-refractivity contribution in [3.05, 3.63) is 23.8 Å². The summed E-state index contributed by atoms with van der Waals surface area (Å²) in [5, 5.41) is 0. The molecule has 1 aromatic rings. The first-order chi connectivity index (χ1) is 8.58. The number of hydrogen-bond acceptors (Lipinski definition) is 3. The number of rotatable bonds is 6. The zero-order chi connectivity index (χ0) is 13.1. The average Bonchev–Trinajstić information content (AvgIpc) is 3.10. The molecule has 2 rings (SSSR count). The quantitative estimate of drug-likeness (QED) is 0.787. The van der Waals surface area contributed by atoms with E-state index >= 15 is 0 Å². The first-order valence-corrected chi connectivity index (χ1v) is 6.76. The lowest BCUT2D eigenvalue weighted by molar-refractivity contribution is 0.226. The van der Waals surface area contributed by atoms with Gasteiger partial charge in [0.25, 0.3) is 0 Å². The summed E-state index contributed by atoms with van der Waals surface area (Å²) in [4.78, 5) is 2.57. The molecule has 0 spiro atoms. The van der Waals surface area contributed by atoms with Crippen LogP contribution in [0.3, 0.4) is 0 Å². The summed E-state index contributed by atoms with van der Waals surface area (Å²) in [6, 6.07) is 6.79. The molecule has 0 atom stereocenters. The Morgan fingerprint density at radius 3 is 2.61 bits per heavy atom. The molecule has 1 fully saturated rings. The molecule has 0 aromatic heterocycles. The summed E-state index contributed by atoms with van der Waals surface area (Å²) in [6.07, 6.45) is 2.68. The predicted molar refractivity (Wildman–Crippen MR) is 75.7 cm³/mol. The van der Waals surface area contributed by atoms with Gasteiger partial charge < -0.3 is 10.5 Å². The van der Waals surface area contributed by atoms with E-state index in [0.717, 1.165) is 30.6 Å². The molecule has 1 aromatic carbocycles. The molecule has 0 radical (unpaired) electrons. The van der Waals surface area contributed by atoms with E-state index in [0.29, 0.717) is 5.92 Å². The van der Waals surface area contributed by atoms with Crippen LogP contribution in [0.2, 0.25) is 0 Å². The molecule has 0 unspecified atom stereocenters. The van der Waals surface area contributed by atoms with Crippen molar-refractivity contribution >= 4 is 5.69 Å². The molecule has 18 heavy (non-hydrogen) atoms. The molecular weight excluding hydrogens is 224 g/mol. The van der Waals surface area contributed by atoms with E-state index in [-0.39, 0.29) is 0 Å². The molecule has 1 saturated carbocycles. The third kappa shape index (κ3) is 3.64. The SMILES string of the molecule is COc1cc(N)cc(CN(CC(C)C)C2CC2)c1. The van der Waals surface area contributed by atoms with Gasteiger partial charge in [0.05, 0.1) is 7.11 Å². The van der Waals surface area contributed by atoms with Gasteiger partial charge in [-0.05, 0) is 36.5 Å². The zero-order valence-electron chi connectivity index (χ0n) is 11.6. The first kappa shape index (κ1) is 13.2. The van der Waals surface area contributed by atoms with Crippen molar-refractivity contribution in [1.29, 1.82) is 0 Å². The molecule has 1 aliphatic rings. The Balaban J connectivity index is 2.07. The van der Waals surface area contributed by atoms with Gasteiger partial charge >= 0.3 is 0 Å². The second-order valence-corrected chi connectivity index (χ2v) is 5.67. The highest BCUT2D eigenvalue weighted by molar-refractivity contribution is 5.47. The minimum atomic E-state index is 0.702. The molecule has 2 N–H and O–H groups in total. The number of nitrogen functional groups attached to an aromatic ring is 1. The maximum absolute atomic E-state index is 5.91. The predicted octanol–water partition coefficient (Wildman–Crippen LogP) is 2.90. The number of benzene rings is 1. The summed E-state index contributed by atoms with van der Waals surface area (Å²) in [5.41, 5.74) is 7.94. The monoisotopic (exact) mass is 248 g/mol. The number of anilines is 1. The van der Waals surface area contributed by atoms with Gasteiger partial charge in [-0.3, -0.25) is 4.90 Å². The van der Waals surface area contributed by atoms with Crippen molar-refractivity contribution in [3.63, 3.8) is 0 Å². The van der Waals surface area contributed by atoms with E-state index in [9.17, 15) is 0 Å². The Labute approximate surface area is 110 Å². The van der Waals surface area contributed by atoms with Crippen LogP contribution in [0.4, 0.5) is 5.69 Å². The van der Waals surface area contributed by atoms with Crippen LogP contribution in [0.25, 0.3) is 0 Å². The summed E-state index contributed by atoms with van der Waals surface area (Å²) in [5.74, 6) is 1.55. The van der Waals surface area contributed by atoms with Crippen molar-refractivity contribution < 1.29 is 4.74 Å². The molecule has 1 aliphatic carbocycles. The van der Waals surface area contributed by atoms with Crippen LogP contribution in [0.1, 0.15) is 32.3 Å². The fraction of sp³-hybridized carbons (Fsp3) is 0.600. The fourth-order valence-electron chi connectivity index (χ4n) is 2.38. The number of ether oxygens (including phenoxy) is 1. The molecule has 0 heterocycles. The van der Waals surface area contributed by atoms with Gasteiger partial charge in [0.15, 0.2) is 0 Å². The lowest BCUT2D eigenvalue weighted by Crippen LogP contribution is -2.29. The number of nitrogens with two attached hydrogens (primary N) is 1. The van der Waals surface area contributed by atoms with Gasteiger partial charge in [-0.15, -0.1) is 0 Å². The molecule has 100 valence electrons. The normalized spacial score (nSPS) is 15.4. The van der Waals surface area contributed by atoms with Crippen LogP contribution < -0.4 is 10.5 Å². The van der Waals surface area contributed by atoms with Crippen LogP contribution in [0, 0.1) is 5.92 Å². The number of methoxy groups -OCH3 is 1. The Hall–Kier alpha value is -1.22. The maximum atomic E-state index is 5.91. The molecule has 0 amide bonds. The second-order valence-electron chi connectivity index (χ2n) is 5.67. The summed E-state index contributed by atoms with van der Waals surface area (Å²) in [7, 11) is 1.69. The van der Waals surface area contributed by atoms with Gasteiger partial charge in [0, 0.05) is 30.9 Å². The van der Waals surface area contributed by atoms with Gasteiger partial charge in [-0.25, -0.2) is 0 Å². The van der Waals surface area contributed by atoms with Crippen LogP contribution in [-0.2, 0) is 6.54 Å². The average molecular weight is 248 g/mol. The molecular formula is C15H24N2O. The Morgan fingerprint density at radius 2 is 2.06 bits per heavy atom. The Bertz CT molecular complexity index is 399. The highest BCUT2D eigenvalue weighted by atomic mass is 16.5. The standard InChI is InChI=1S/C15H24N2O/c1-11(2)9-17(14-4-5-14)10-12-6-13(16)8-15(7-12)18-3/h6-8,11,14H,4-5,9-10,16H2,1-3H3. The third-order valence-electron chi connectivity index (χ3n) is 3.27. The van der Waals surface area contributed by atoms with E-state index in [4.69, 9.17) is 10.5 Å². The third-order valence-corrected chi connectivity index (χ3v) is 3.27. The fourth-order valence-corrected chi connectivity index (χ4v) is 2.38. The van der Waals surface area contributed by atoms with E-state index in [1.807, 2.05) is 6.07 Å². The molecule has 0 bridgehead atoms. The summed E-state index contributed by atoms with van der Waals surface area (Å²) >= 11 is 0. The smallest absolute Gasteiger partial charge is 0.121 e. The minimum Gasteiger partial charge on any atom is -0.497 e. The highest BCUT2D eigenvalue weighted by Crippen LogP contribution is 2.30. The van der Waals surface area contributed by atoms with Crippen molar-refractivity contribution in [2.24, 2.45) is 5.92 Å². The minimum absolute atomic E-state index is 0.702. The van der Waals surface area contributed by atoms with Gasteiger partial charge in [0.1, 0.15) is 5.75 Å². The first-order valence-electron chi connectivity index (χ1n) is 6.76. The molecule has 0 aliphatic heterocycles. The van der Waals surface area contributed by atoms with E-state index in [1.165, 1.54) is 18.4 Å².